The molecule has 1 aromatic carbocycles. The van der Waals surface area contributed by atoms with Gasteiger partial charge in [0.05, 0.1) is 7.11 Å². The second kappa shape index (κ2) is 8.16. The number of nitrogens with two attached hydrogens (primary N) is 1. The van der Waals surface area contributed by atoms with Gasteiger partial charge in [-0.15, -0.1) is 0 Å². The third-order valence-corrected chi connectivity index (χ3v) is 5.76. The van der Waals surface area contributed by atoms with Gasteiger partial charge in [0.1, 0.15) is 0 Å². The van der Waals surface area contributed by atoms with Crippen LogP contribution in [0.25, 0.3) is 0 Å². The normalized spacial score (nSPS) is 27.7. The van der Waals surface area contributed by atoms with Crippen molar-refractivity contribution >= 4 is 11.7 Å². The molecule has 2 unspecified atom stereocenters. The molecule has 2 aliphatic carbocycles. The lowest BCUT2D eigenvalue weighted by Crippen LogP contribution is -2.53. The van der Waals surface area contributed by atoms with Gasteiger partial charge in [-0.3, -0.25) is 9.59 Å². The van der Waals surface area contributed by atoms with Crippen molar-refractivity contribution in [1.29, 1.82) is 0 Å². The van der Waals surface area contributed by atoms with Crippen LogP contribution in [0.2, 0.25) is 0 Å². The number of ether oxygens (including phenoxy) is 1. The molecule has 0 saturated heterocycles. The lowest BCUT2D eigenvalue weighted by atomic mass is 9.67. The molecule has 142 valence electrons. The molecule has 6 heteroatoms. The van der Waals surface area contributed by atoms with E-state index >= 15 is 0 Å². The molecule has 26 heavy (non-hydrogen) atoms. The predicted octanol–water partition coefficient (Wildman–Crippen LogP) is 2.82. The number of hydrogen-bond acceptors (Lipinski definition) is 4. The molecule has 0 aliphatic heterocycles. The quantitative estimate of drug-likeness (QED) is 0.763. The van der Waals surface area contributed by atoms with Gasteiger partial charge in [0, 0.05) is 30.5 Å². The molecule has 0 radical (unpaired) electrons. The molecule has 2 bridgehead atoms. The molecule has 2 saturated carbocycles. The summed E-state index contributed by atoms with van der Waals surface area (Å²) in [6.07, 6.45) is 5.54. The van der Waals surface area contributed by atoms with Crippen LogP contribution in [0.5, 0.6) is 5.75 Å². The fraction of sp³-hybridized carbons (Fsp3) is 0.600. The molecule has 5 nitrogen and oxygen atoms in total. The molecule has 2 atom stereocenters. The minimum atomic E-state index is -0.575. The van der Waals surface area contributed by atoms with E-state index in [-0.39, 0.29) is 47.9 Å². The van der Waals surface area contributed by atoms with Gasteiger partial charge in [-0.1, -0.05) is 6.42 Å². The van der Waals surface area contributed by atoms with E-state index in [1.807, 2.05) is 0 Å². The summed E-state index contributed by atoms with van der Waals surface area (Å²) in [5, 5.41) is 3.14. The van der Waals surface area contributed by atoms with Crippen LogP contribution < -0.4 is 15.8 Å². The Morgan fingerprint density at radius 1 is 1.23 bits per heavy atom. The summed E-state index contributed by atoms with van der Waals surface area (Å²) in [4.78, 5) is 24.6. The third-order valence-electron chi connectivity index (χ3n) is 5.76. The second-order valence-corrected chi connectivity index (χ2v) is 7.55. The molecule has 3 rings (SSSR count). The predicted molar refractivity (Wildman–Crippen MR) is 96.5 cm³/mol. The number of fused-ring (bicyclic) bond motifs is 2. The lowest BCUT2D eigenvalue weighted by Gasteiger charge is -2.45. The van der Waals surface area contributed by atoms with Crippen LogP contribution in [-0.4, -0.2) is 30.9 Å². The zero-order valence-electron chi connectivity index (χ0n) is 15.2. The van der Waals surface area contributed by atoms with Gasteiger partial charge in [-0.2, -0.15) is 0 Å². The standard InChI is InChI=1S/C20H27FN2O3/c1-26-18-7-5-12(11-16(18)21)17(24)6-8-19(25)23-20-13-3-2-4-14(20)10-15(22)9-13/h5,7,11,13-15,20H,2-4,6,8-10,22H2,1H3,(H,23,25). The first-order valence-electron chi connectivity index (χ1n) is 9.39. The van der Waals surface area contributed by atoms with Crippen LogP contribution in [0.3, 0.4) is 0 Å². The summed E-state index contributed by atoms with van der Waals surface area (Å²) in [5.41, 5.74) is 6.38. The zero-order chi connectivity index (χ0) is 18.7. The van der Waals surface area contributed by atoms with Crippen LogP contribution >= 0.6 is 0 Å². The number of carbonyl (C=O) groups excluding carboxylic acids is 2. The Bertz CT molecular complexity index is 665. The van der Waals surface area contributed by atoms with E-state index in [2.05, 4.69) is 5.32 Å². The monoisotopic (exact) mass is 362 g/mol. The molecule has 0 aromatic heterocycles. The fourth-order valence-corrected chi connectivity index (χ4v) is 4.49. The summed E-state index contributed by atoms with van der Waals surface area (Å²) in [5.74, 6) is 0.0773. The smallest absolute Gasteiger partial charge is 0.220 e. The highest BCUT2D eigenvalue weighted by atomic mass is 19.1. The Morgan fingerprint density at radius 3 is 2.54 bits per heavy atom. The average Bonchev–Trinajstić information content (AvgIpc) is 2.60. The number of Topliss-reactive ketones (excluding diaryl/α,β-unsaturated/α-hetero) is 1. The Labute approximate surface area is 153 Å². The fourth-order valence-electron chi connectivity index (χ4n) is 4.49. The van der Waals surface area contributed by atoms with Crippen molar-refractivity contribution in [2.45, 2.75) is 57.0 Å². The number of benzene rings is 1. The SMILES string of the molecule is COc1ccc(C(=O)CCC(=O)NC2C3CCCC2CC(N)C3)cc1F. The van der Waals surface area contributed by atoms with Crippen molar-refractivity contribution < 1.29 is 18.7 Å². The van der Waals surface area contributed by atoms with Crippen molar-refractivity contribution in [1.82, 2.24) is 5.32 Å². The topological polar surface area (TPSA) is 81.4 Å². The molecule has 1 aromatic rings. The minimum Gasteiger partial charge on any atom is -0.494 e. The maximum absolute atomic E-state index is 13.7. The van der Waals surface area contributed by atoms with Crippen LogP contribution in [0.1, 0.15) is 55.3 Å². The average molecular weight is 362 g/mol. The number of nitrogens with one attached hydrogen (secondary N) is 1. The van der Waals surface area contributed by atoms with E-state index in [4.69, 9.17) is 10.5 Å². The Balaban J connectivity index is 1.52. The van der Waals surface area contributed by atoms with Gasteiger partial charge in [0.15, 0.2) is 17.3 Å². The molecule has 2 aliphatic rings. The van der Waals surface area contributed by atoms with Crippen LogP contribution in [-0.2, 0) is 4.79 Å². The van der Waals surface area contributed by atoms with Crippen LogP contribution in [0.4, 0.5) is 4.39 Å². The first kappa shape index (κ1) is 18.8. The first-order valence-corrected chi connectivity index (χ1v) is 9.39. The van der Waals surface area contributed by atoms with Crippen LogP contribution in [0.15, 0.2) is 18.2 Å². The third kappa shape index (κ3) is 4.23. The summed E-state index contributed by atoms with van der Waals surface area (Å²) >= 11 is 0. The molecular formula is C20H27FN2O3. The van der Waals surface area contributed by atoms with Crippen LogP contribution in [0, 0.1) is 17.7 Å². The van der Waals surface area contributed by atoms with Gasteiger partial charge in [-0.25, -0.2) is 4.39 Å². The molecule has 0 spiro atoms. The number of hydrogen-bond donors (Lipinski definition) is 2. The Kier molecular flexibility index (Phi) is 5.91. The van der Waals surface area contributed by atoms with Crippen molar-refractivity contribution in [2.24, 2.45) is 17.6 Å². The number of rotatable bonds is 6. The number of amides is 1. The van der Waals surface area contributed by atoms with E-state index in [0.717, 1.165) is 31.7 Å². The van der Waals surface area contributed by atoms with Gasteiger partial charge in [0.2, 0.25) is 5.91 Å². The summed E-state index contributed by atoms with van der Waals surface area (Å²) in [7, 11) is 1.37. The van der Waals surface area contributed by atoms with Crippen molar-refractivity contribution in [3.05, 3.63) is 29.6 Å². The van der Waals surface area contributed by atoms with E-state index in [9.17, 15) is 14.0 Å². The largest absolute Gasteiger partial charge is 0.494 e. The highest BCUT2D eigenvalue weighted by Crippen LogP contribution is 2.39. The first-order chi connectivity index (χ1) is 12.5. The molecule has 0 heterocycles. The number of methoxy groups -OCH3 is 1. The zero-order valence-corrected chi connectivity index (χ0v) is 15.2. The molecule has 3 N–H and O–H groups in total. The minimum absolute atomic E-state index is 0.0686. The highest BCUT2D eigenvalue weighted by Gasteiger charge is 2.39. The maximum atomic E-state index is 13.7. The van der Waals surface area contributed by atoms with Gasteiger partial charge < -0.3 is 15.8 Å². The lowest BCUT2D eigenvalue weighted by molar-refractivity contribution is -0.123. The molecule has 2 fully saturated rings. The van der Waals surface area contributed by atoms with E-state index in [1.54, 1.807) is 0 Å². The van der Waals surface area contributed by atoms with E-state index in [1.165, 1.54) is 25.7 Å². The van der Waals surface area contributed by atoms with Gasteiger partial charge in [-0.05, 0) is 55.7 Å². The molecule has 1 amide bonds. The highest BCUT2D eigenvalue weighted by molar-refractivity contribution is 5.98. The maximum Gasteiger partial charge on any atom is 0.220 e. The summed E-state index contributed by atoms with van der Waals surface area (Å²) in [6.45, 7) is 0. The van der Waals surface area contributed by atoms with E-state index in [0.29, 0.717) is 11.8 Å². The molecular weight excluding hydrogens is 335 g/mol. The van der Waals surface area contributed by atoms with Crippen molar-refractivity contribution in [2.75, 3.05) is 7.11 Å². The number of halogens is 1. The Hall–Kier alpha value is -1.95. The number of carbonyl (C=O) groups is 2. The van der Waals surface area contributed by atoms with Crippen molar-refractivity contribution in [3.63, 3.8) is 0 Å². The van der Waals surface area contributed by atoms with Gasteiger partial charge >= 0.3 is 0 Å². The number of ketones is 1. The second-order valence-electron chi connectivity index (χ2n) is 7.55. The van der Waals surface area contributed by atoms with Gasteiger partial charge in [0.25, 0.3) is 0 Å². The summed E-state index contributed by atoms with van der Waals surface area (Å²) in [6, 6.07) is 4.53. The Morgan fingerprint density at radius 2 is 1.92 bits per heavy atom. The van der Waals surface area contributed by atoms with E-state index < -0.39 is 5.82 Å². The van der Waals surface area contributed by atoms with Crippen molar-refractivity contribution in [3.8, 4) is 5.75 Å². The summed E-state index contributed by atoms with van der Waals surface area (Å²) < 4.78 is 18.6.